The van der Waals surface area contributed by atoms with E-state index in [1.807, 2.05) is 6.07 Å². The fraction of sp³-hybridized carbons (Fsp3) is 0.462. The third-order valence-electron chi connectivity index (χ3n) is 3.28. The van der Waals surface area contributed by atoms with Crippen molar-refractivity contribution >= 4 is 5.91 Å². The zero-order valence-corrected chi connectivity index (χ0v) is 10.0. The molecule has 92 valence electrons. The van der Waals surface area contributed by atoms with Gasteiger partial charge >= 0.3 is 0 Å². The van der Waals surface area contributed by atoms with Gasteiger partial charge in [-0.05, 0) is 37.5 Å². The minimum atomic E-state index is -0.186. The summed E-state index contributed by atoms with van der Waals surface area (Å²) in [4.78, 5) is 11.9. The van der Waals surface area contributed by atoms with Crippen LogP contribution in [0.1, 0.15) is 29.6 Å². The number of carbonyl (C=O) groups is 1. The fourth-order valence-electron chi connectivity index (χ4n) is 1.93. The van der Waals surface area contributed by atoms with E-state index in [-0.39, 0.29) is 11.4 Å². The number of amides is 1. The van der Waals surface area contributed by atoms with Crippen molar-refractivity contribution in [3.63, 3.8) is 0 Å². The Balaban J connectivity index is 1.94. The lowest BCUT2D eigenvalue weighted by Crippen LogP contribution is -2.54. The van der Waals surface area contributed by atoms with Crippen LogP contribution < -0.4 is 15.8 Å². The van der Waals surface area contributed by atoms with Crippen molar-refractivity contribution in [1.82, 2.24) is 5.32 Å². The highest BCUT2D eigenvalue weighted by Gasteiger charge is 2.32. The van der Waals surface area contributed by atoms with Crippen molar-refractivity contribution in [3.8, 4) is 5.75 Å². The van der Waals surface area contributed by atoms with Crippen LogP contribution in [0.4, 0.5) is 0 Å². The van der Waals surface area contributed by atoms with Crippen molar-refractivity contribution in [2.45, 2.75) is 24.8 Å². The summed E-state index contributed by atoms with van der Waals surface area (Å²) >= 11 is 0. The van der Waals surface area contributed by atoms with Crippen LogP contribution in [-0.4, -0.2) is 25.1 Å². The zero-order valence-electron chi connectivity index (χ0n) is 10.0. The van der Waals surface area contributed by atoms with Gasteiger partial charge in [-0.15, -0.1) is 0 Å². The van der Waals surface area contributed by atoms with Gasteiger partial charge in [-0.2, -0.15) is 0 Å². The Labute approximate surface area is 101 Å². The van der Waals surface area contributed by atoms with Gasteiger partial charge < -0.3 is 15.8 Å². The van der Waals surface area contributed by atoms with Crippen LogP contribution in [0.15, 0.2) is 24.3 Å². The molecule has 1 fully saturated rings. The second-order valence-electron chi connectivity index (χ2n) is 4.63. The number of nitrogens with two attached hydrogens (primary N) is 1. The van der Waals surface area contributed by atoms with Gasteiger partial charge in [0.05, 0.1) is 7.11 Å². The van der Waals surface area contributed by atoms with Crippen molar-refractivity contribution < 1.29 is 9.53 Å². The van der Waals surface area contributed by atoms with Crippen LogP contribution in [0.5, 0.6) is 5.75 Å². The van der Waals surface area contributed by atoms with Crippen LogP contribution >= 0.6 is 0 Å². The average molecular weight is 234 g/mol. The van der Waals surface area contributed by atoms with E-state index in [1.54, 1.807) is 25.3 Å². The number of methoxy groups -OCH3 is 1. The SMILES string of the molecule is COc1cccc(C(=O)NCC2(N)CCC2)c1. The Morgan fingerprint density at radius 1 is 1.53 bits per heavy atom. The molecule has 0 unspecified atom stereocenters. The molecule has 0 spiro atoms. The monoisotopic (exact) mass is 234 g/mol. The maximum atomic E-state index is 11.9. The summed E-state index contributed by atoms with van der Waals surface area (Å²) < 4.78 is 5.08. The second-order valence-corrected chi connectivity index (χ2v) is 4.63. The standard InChI is InChI=1S/C13H18N2O2/c1-17-11-5-2-4-10(8-11)12(16)15-9-13(14)6-3-7-13/h2,4-5,8H,3,6-7,9,14H2,1H3,(H,15,16). The summed E-state index contributed by atoms with van der Waals surface area (Å²) in [5.74, 6) is 0.587. The molecule has 1 aromatic rings. The smallest absolute Gasteiger partial charge is 0.251 e. The lowest BCUT2D eigenvalue weighted by atomic mass is 9.78. The first-order chi connectivity index (χ1) is 8.13. The maximum absolute atomic E-state index is 11.9. The predicted octanol–water partition coefficient (Wildman–Crippen LogP) is 1.31. The van der Waals surface area contributed by atoms with E-state index in [4.69, 9.17) is 10.5 Å². The molecule has 2 rings (SSSR count). The summed E-state index contributed by atoms with van der Waals surface area (Å²) in [6, 6.07) is 7.10. The van der Waals surface area contributed by atoms with Crippen molar-refractivity contribution in [2.24, 2.45) is 5.73 Å². The molecule has 0 saturated heterocycles. The molecule has 1 aromatic carbocycles. The molecule has 0 heterocycles. The number of benzene rings is 1. The number of hydrogen-bond donors (Lipinski definition) is 2. The molecule has 1 aliphatic carbocycles. The Morgan fingerprint density at radius 2 is 2.29 bits per heavy atom. The van der Waals surface area contributed by atoms with E-state index in [0.717, 1.165) is 19.3 Å². The van der Waals surface area contributed by atoms with E-state index in [0.29, 0.717) is 17.9 Å². The van der Waals surface area contributed by atoms with Gasteiger partial charge in [0.2, 0.25) is 0 Å². The third kappa shape index (κ3) is 2.77. The fourth-order valence-corrected chi connectivity index (χ4v) is 1.93. The largest absolute Gasteiger partial charge is 0.497 e. The van der Waals surface area contributed by atoms with Crippen molar-refractivity contribution in [2.75, 3.05) is 13.7 Å². The average Bonchev–Trinajstić information content (AvgIpc) is 2.33. The molecule has 0 aromatic heterocycles. The predicted molar refractivity (Wildman–Crippen MR) is 66.1 cm³/mol. The molecule has 0 aliphatic heterocycles. The molecular formula is C13H18N2O2. The first-order valence-corrected chi connectivity index (χ1v) is 5.84. The lowest BCUT2D eigenvalue weighted by Gasteiger charge is -2.38. The minimum absolute atomic E-state index is 0.0966. The van der Waals surface area contributed by atoms with Gasteiger partial charge in [0.1, 0.15) is 5.75 Å². The van der Waals surface area contributed by atoms with Gasteiger partial charge in [0, 0.05) is 17.6 Å². The first kappa shape index (κ1) is 11.9. The van der Waals surface area contributed by atoms with Gasteiger partial charge in [-0.3, -0.25) is 4.79 Å². The van der Waals surface area contributed by atoms with Crippen LogP contribution in [0.25, 0.3) is 0 Å². The van der Waals surface area contributed by atoms with Crippen LogP contribution in [-0.2, 0) is 0 Å². The van der Waals surface area contributed by atoms with Crippen LogP contribution in [0.3, 0.4) is 0 Å². The second kappa shape index (κ2) is 4.75. The Hall–Kier alpha value is -1.55. The minimum Gasteiger partial charge on any atom is -0.497 e. The summed E-state index contributed by atoms with van der Waals surface area (Å²) in [6.07, 6.45) is 3.14. The number of carbonyl (C=O) groups excluding carboxylic acids is 1. The van der Waals surface area contributed by atoms with E-state index in [9.17, 15) is 4.79 Å². The van der Waals surface area contributed by atoms with Gasteiger partial charge in [0.15, 0.2) is 0 Å². The number of hydrogen-bond acceptors (Lipinski definition) is 3. The van der Waals surface area contributed by atoms with E-state index < -0.39 is 0 Å². The Bertz CT molecular complexity index is 414. The topological polar surface area (TPSA) is 64.3 Å². The van der Waals surface area contributed by atoms with E-state index >= 15 is 0 Å². The van der Waals surface area contributed by atoms with Crippen LogP contribution in [0.2, 0.25) is 0 Å². The normalized spacial score (nSPS) is 17.1. The van der Waals surface area contributed by atoms with E-state index in [2.05, 4.69) is 5.32 Å². The summed E-state index contributed by atoms with van der Waals surface area (Å²) in [6.45, 7) is 0.545. The molecule has 0 bridgehead atoms. The summed E-state index contributed by atoms with van der Waals surface area (Å²) in [5.41, 5.74) is 6.46. The molecule has 4 nitrogen and oxygen atoms in total. The van der Waals surface area contributed by atoms with Crippen LogP contribution in [0, 0.1) is 0 Å². The molecular weight excluding hydrogens is 216 g/mol. The third-order valence-corrected chi connectivity index (χ3v) is 3.28. The van der Waals surface area contributed by atoms with E-state index in [1.165, 1.54) is 0 Å². The maximum Gasteiger partial charge on any atom is 0.251 e. The lowest BCUT2D eigenvalue weighted by molar-refractivity contribution is 0.0929. The highest BCUT2D eigenvalue weighted by atomic mass is 16.5. The Kier molecular flexibility index (Phi) is 3.33. The van der Waals surface area contributed by atoms with Crippen molar-refractivity contribution in [1.29, 1.82) is 0 Å². The summed E-state index contributed by atoms with van der Waals surface area (Å²) in [7, 11) is 1.58. The quantitative estimate of drug-likeness (QED) is 0.825. The number of rotatable bonds is 4. The molecule has 1 amide bonds. The molecule has 1 aliphatic rings. The van der Waals surface area contributed by atoms with Gasteiger partial charge in [-0.25, -0.2) is 0 Å². The molecule has 4 heteroatoms. The molecule has 3 N–H and O–H groups in total. The summed E-state index contributed by atoms with van der Waals surface area (Å²) in [5, 5.41) is 2.87. The number of nitrogens with one attached hydrogen (secondary N) is 1. The van der Waals surface area contributed by atoms with Gasteiger partial charge in [-0.1, -0.05) is 6.07 Å². The molecule has 17 heavy (non-hydrogen) atoms. The number of ether oxygens (including phenoxy) is 1. The highest BCUT2D eigenvalue weighted by Crippen LogP contribution is 2.28. The molecule has 0 atom stereocenters. The molecule has 0 radical (unpaired) electrons. The molecule has 1 saturated carbocycles. The first-order valence-electron chi connectivity index (χ1n) is 5.84. The van der Waals surface area contributed by atoms with Crippen molar-refractivity contribution in [3.05, 3.63) is 29.8 Å². The van der Waals surface area contributed by atoms with Gasteiger partial charge in [0.25, 0.3) is 5.91 Å². The zero-order chi connectivity index (χ0) is 12.3. The Morgan fingerprint density at radius 3 is 2.88 bits per heavy atom. The highest BCUT2D eigenvalue weighted by molar-refractivity contribution is 5.94.